The van der Waals surface area contributed by atoms with E-state index in [0.29, 0.717) is 0 Å². The van der Waals surface area contributed by atoms with Gasteiger partial charge in [0.05, 0.1) is 0 Å². The Bertz CT molecular complexity index is 811. The SMILES string of the molecule is OCCCCCC1=C(c2ccc(F)c(O)c2)CCCc2cccc(O)c21. The molecule has 138 valence electrons. The summed E-state index contributed by atoms with van der Waals surface area (Å²) < 4.78 is 13.5. The molecule has 3 N–H and O–H groups in total. The molecule has 26 heavy (non-hydrogen) atoms. The number of rotatable bonds is 6. The van der Waals surface area contributed by atoms with Crippen molar-refractivity contribution in [3.05, 3.63) is 58.9 Å². The molecule has 0 heterocycles. The van der Waals surface area contributed by atoms with E-state index in [0.717, 1.165) is 72.8 Å². The summed E-state index contributed by atoms with van der Waals surface area (Å²) in [5, 5.41) is 29.4. The molecule has 2 aromatic rings. The molecule has 3 rings (SSSR count). The van der Waals surface area contributed by atoms with E-state index >= 15 is 0 Å². The van der Waals surface area contributed by atoms with Gasteiger partial charge in [-0.15, -0.1) is 0 Å². The first-order valence-electron chi connectivity index (χ1n) is 9.25. The Kier molecular flexibility index (Phi) is 5.94. The van der Waals surface area contributed by atoms with Crippen molar-refractivity contribution in [1.82, 2.24) is 0 Å². The van der Waals surface area contributed by atoms with Gasteiger partial charge >= 0.3 is 0 Å². The third-order valence-corrected chi connectivity index (χ3v) is 5.05. The highest BCUT2D eigenvalue weighted by Gasteiger charge is 2.21. The normalized spacial score (nSPS) is 14.2. The number of aliphatic hydroxyl groups excluding tert-OH is 1. The van der Waals surface area contributed by atoms with Crippen LogP contribution in [0.5, 0.6) is 11.5 Å². The largest absolute Gasteiger partial charge is 0.507 e. The lowest BCUT2D eigenvalue weighted by molar-refractivity contribution is 0.283. The first kappa shape index (κ1) is 18.5. The number of halogens is 1. The third-order valence-electron chi connectivity index (χ3n) is 5.05. The van der Waals surface area contributed by atoms with Crippen molar-refractivity contribution in [2.24, 2.45) is 0 Å². The number of aryl methyl sites for hydroxylation is 1. The van der Waals surface area contributed by atoms with Gasteiger partial charge < -0.3 is 15.3 Å². The number of phenolic OH excluding ortho intramolecular Hbond substituents is 2. The maximum Gasteiger partial charge on any atom is 0.164 e. The average molecular weight is 356 g/mol. The van der Waals surface area contributed by atoms with Crippen molar-refractivity contribution in [3.8, 4) is 11.5 Å². The molecule has 1 aliphatic rings. The second kappa shape index (κ2) is 8.37. The van der Waals surface area contributed by atoms with Crippen LogP contribution in [0.3, 0.4) is 0 Å². The Labute approximate surface area is 153 Å². The summed E-state index contributed by atoms with van der Waals surface area (Å²) in [6.07, 6.45) is 5.97. The van der Waals surface area contributed by atoms with Crippen molar-refractivity contribution >= 4 is 11.1 Å². The van der Waals surface area contributed by atoms with E-state index in [1.807, 2.05) is 12.1 Å². The summed E-state index contributed by atoms with van der Waals surface area (Å²) in [7, 11) is 0. The molecule has 0 spiro atoms. The fourth-order valence-corrected chi connectivity index (χ4v) is 3.79. The van der Waals surface area contributed by atoms with Crippen molar-refractivity contribution in [2.45, 2.75) is 44.9 Å². The fourth-order valence-electron chi connectivity index (χ4n) is 3.79. The molecule has 3 nitrogen and oxygen atoms in total. The Hall–Kier alpha value is -2.33. The molecule has 0 unspecified atom stereocenters. The second-order valence-electron chi connectivity index (χ2n) is 6.82. The van der Waals surface area contributed by atoms with E-state index in [9.17, 15) is 14.6 Å². The molecule has 0 aromatic heterocycles. The summed E-state index contributed by atoms with van der Waals surface area (Å²) in [4.78, 5) is 0. The van der Waals surface area contributed by atoms with E-state index in [-0.39, 0.29) is 18.1 Å². The number of hydrogen-bond donors (Lipinski definition) is 3. The third kappa shape index (κ3) is 3.91. The molecule has 0 bridgehead atoms. The molecule has 2 aromatic carbocycles. The quantitative estimate of drug-likeness (QED) is 0.636. The lowest BCUT2D eigenvalue weighted by atomic mass is 9.88. The lowest BCUT2D eigenvalue weighted by Crippen LogP contribution is -1.96. The van der Waals surface area contributed by atoms with Gasteiger partial charge in [-0.3, -0.25) is 0 Å². The summed E-state index contributed by atoms with van der Waals surface area (Å²) in [5.74, 6) is -0.711. The number of aliphatic hydroxyl groups is 1. The molecule has 0 saturated heterocycles. The number of fused-ring (bicyclic) bond motifs is 1. The predicted molar refractivity (Wildman–Crippen MR) is 101 cm³/mol. The van der Waals surface area contributed by atoms with Gasteiger partial charge in [-0.25, -0.2) is 4.39 Å². The summed E-state index contributed by atoms with van der Waals surface area (Å²) >= 11 is 0. The van der Waals surface area contributed by atoms with Gasteiger partial charge in [0.1, 0.15) is 5.75 Å². The maximum atomic E-state index is 13.5. The van der Waals surface area contributed by atoms with Gasteiger partial charge in [-0.05, 0) is 79.0 Å². The number of aromatic hydroxyl groups is 2. The standard InChI is InChI=1S/C22H25FO3/c23-19-12-11-16(14-21(19)26)17-9-4-6-15-7-5-10-20(25)22(15)18(17)8-2-1-3-13-24/h5,7,10-12,14,24-26H,1-4,6,8-9,13H2. The first-order chi connectivity index (χ1) is 12.6. The maximum absolute atomic E-state index is 13.5. The van der Waals surface area contributed by atoms with Crippen molar-refractivity contribution < 1.29 is 19.7 Å². The minimum absolute atomic E-state index is 0.180. The smallest absolute Gasteiger partial charge is 0.164 e. The first-order valence-corrected chi connectivity index (χ1v) is 9.25. The van der Waals surface area contributed by atoms with Gasteiger partial charge in [0.2, 0.25) is 0 Å². The number of hydrogen-bond acceptors (Lipinski definition) is 3. The van der Waals surface area contributed by atoms with Gasteiger partial charge in [0, 0.05) is 12.2 Å². The fraction of sp³-hybridized carbons (Fsp3) is 0.364. The molecule has 0 fully saturated rings. The summed E-state index contributed by atoms with van der Waals surface area (Å²) in [6, 6.07) is 10.1. The van der Waals surface area contributed by atoms with Gasteiger partial charge in [0.15, 0.2) is 11.6 Å². The van der Waals surface area contributed by atoms with Crippen LogP contribution in [0.15, 0.2) is 36.4 Å². The van der Waals surface area contributed by atoms with Crippen LogP contribution in [0.1, 0.15) is 55.2 Å². The lowest BCUT2D eigenvalue weighted by Gasteiger charge is -2.17. The Morgan fingerprint density at radius 2 is 1.77 bits per heavy atom. The predicted octanol–water partition coefficient (Wildman–Crippen LogP) is 5.04. The van der Waals surface area contributed by atoms with Gasteiger partial charge in [0.25, 0.3) is 0 Å². The molecule has 1 aliphatic carbocycles. The zero-order valence-corrected chi connectivity index (χ0v) is 14.8. The van der Waals surface area contributed by atoms with Crippen LogP contribution in [0.2, 0.25) is 0 Å². The van der Waals surface area contributed by atoms with Crippen LogP contribution >= 0.6 is 0 Å². The molecular weight excluding hydrogens is 331 g/mol. The van der Waals surface area contributed by atoms with Gasteiger partial charge in [-0.2, -0.15) is 0 Å². The topological polar surface area (TPSA) is 60.7 Å². The van der Waals surface area contributed by atoms with E-state index in [4.69, 9.17) is 5.11 Å². The summed E-state index contributed by atoms with van der Waals surface area (Å²) in [6.45, 7) is 0.180. The van der Waals surface area contributed by atoms with E-state index in [2.05, 4.69) is 0 Å². The summed E-state index contributed by atoms with van der Waals surface area (Å²) in [5.41, 5.74) is 4.94. The second-order valence-corrected chi connectivity index (χ2v) is 6.82. The van der Waals surface area contributed by atoms with E-state index < -0.39 is 5.82 Å². The number of unbranched alkanes of at least 4 members (excludes halogenated alkanes) is 2. The Morgan fingerprint density at radius 1 is 0.923 bits per heavy atom. The highest BCUT2D eigenvalue weighted by molar-refractivity contribution is 5.94. The van der Waals surface area contributed by atoms with Crippen LogP contribution in [0, 0.1) is 5.82 Å². The Balaban J connectivity index is 2.09. The zero-order valence-electron chi connectivity index (χ0n) is 14.8. The van der Waals surface area contributed by atoms with Crippen LogP contribution in [-0.4, -0.2) is 21.9 Å². The monoisotopic (exact) mass is 356 g/mol. The molecular formula is C22H25FO3. The van der Waals surface area contributed by atoms with Crippen molar-refractivity contribution in [1.29, 1.82) is 0 Å². The molecule has 0 atom stereocenters. The van der Waals surface area contributed by atoms with Crippen LogP contribution in [-0.2, 0) is 6.42 Å². The number of benzene rings is 2. The van der Waals surface area contributed by atoms with Crippen molar-refractivity contribution in [2.75, 3.05) is 6.61 Å². The molecule has 4 heteroatoms. The minimum Gasteiger partial charge on any atom is -0.507 e. The van der Waals surface area contributed by atoms with Crippen LogP contribution in [0.25, 0.3) is 11.1 Å². The van der Waals surface area contributed by atoms with E-state index in [1.165, 1.54) is 12.1 Å². The minimum atomic E-state index is -0.629. The van der Waals surface area contributed by atoms with Crippen LogP contribution < -0.4 is 0 Å². The van der Waals surface area contributed by atoms with Crippen LogP contribution in [0.4, 0.5) is 4.39 Å². The van der Waals surface area contributed by atoms with E-state index in [1.54, 1.807) is 12.1 Å². The van der Waals surface area contributed by atoms with Crippen molar-refractivity contribution in [3.63, 3.8) is 0 Å². The number of phenols is 2. The highest BCUT2D eigenvalue weighted by Crippen LogP contribution is 2.42. The molecule has 0 amide bonds. The molecule has 0 saturated carbocycles. The Morgan fingerprint density at radius 3 is 2.54 bits per heavy atom. The average Bonchev–Trinajstić information content (AvgIpc) is 2.81. The molecule has 0 aliphatic heterocycles. The zero-order chi connectivity index (χ0) is 18.5. The highest BCUT2D eigenvalue weighted by atomic mass is 19.1. The number of allylic oxidation sites excluding steroid dienone is 2. The molecule has 0 radical (unpaired) electrons. The van der Waals surface area contributed by atoms with Gasteiger partial charge in [-0.1, -0.05) is 24.6 Å².